The van der Waals surface area contributed by atoms with Gasteiger partial charge < -0.3 is 20.7 Å². The number of halogens is 2. The van der Waals surface area contributed by atoms with Gasteiger partial charge in [-0.1, -0.05) is 12.1 Å². The zero-order valence-corrected chi connectivity index (χ0v) is 15.0. The average Bonchev–Trinajstić information content (AvgIpc) is 2.52. The second-order valence-corrected chi connectivity index (χ2v) is 6.43. The third-order valence-corrected chi connectivity index (χ3v) is 2.89. The highest BCUT2D eigenvalue weighted by Crippen LogP contribution is 2.14. The van der Waals surface area contributed by atoms with Crippen LogP contribution in [0.3, 0.4) is 0 Å². The first-order valence-electron chi connectivity index (χ1n) is 7.95. The number of hydrogen-bond donors (Lipinski definition) is 3. The number of alkyl halides is 2. The average molecular weight is 356 g/mol. The predicted octanol–water partition coefficient (Wildman–Crippen LogP) is 1.91. The second kappa shape index (κ2) is 9.80. The minimum atomic E-state index is -2.51. The van der Waals surface area contributed by atoms with Gasteiger partial charge in [-0.05, 0) is 38.5 Å². The van der Waals surface area contributed by atoms with Crippen LogP contribution >= 0.6 is 0 Å². The Bertz CT molecular complexity index is 586. The van der Waals surface area contributed by atoms with Gasteiger partial charge in [0.25, 0.3) is 6.43 Å². The summed E-state index contributed by atoms with van der Waals surface area (Å²) in [5.41, 5.74) is 0.544. The fourth-order valence-electron chi connectivity index (χ4n) is 1.94. The molecule has 1 rings (SSSR count). The first-order chi connectivity index (χ1) is 11.7. The van der Waals surface area contributed by atoms with E-state index in [2.05, 4.69) is 20.9 Å². The van der Waals surface area contributed by atoms with E-state index in [1.54, 1.807) is 25.2 Å². The largest absolute Gasteiger partial charge is 0.488 e. The molecule has 0 unspecified atom stereocenters. The van der Waals surface area contributed by atoms with Gasteiger partial charge in [0.2, 0.25) is 5.91 Å². The summed E-state index contributed by atoms with van der Waals surface area (Å²) in [6.45, 7) is 5.58. The summed E-state index contributed by atoms with van der Waals surface area (Å²) in [6.07, 6.45) is -2.51. The SMILES string of the molecule is CN=C(NCC(=O)NC(C)(C)C)NCc1cccc(OCC(F)F)c1. The molecule has 0 radical (unpaired) electrons. The molecule has 3 N–H and O–H groups in total. The van der Waals surface area contributed by atoms with Crippen LogP contribution in [0.5, 0.6) is 5.75 Å². The maximum Gasteiger partial charge on any atom is 0.272 e. The number of nitrogens with zero attached hydrogens (tertiary/aromatic N) is 1. The van der Waals surface area contributed by atoms with Gasteiger partial charge in [-0.2, -0.15) is 0 Å². The number of ether oxygens (including phenoxy) is 1. The normalized spacial score (nSPS) is 12.0. The van der Waals surface area contributed by atoms with Crippen LogP contribution in [0.25, 0.3) is 0 Å². The fraction of sp³-hybridized carbons (Fsp3) is 0.529. The highest BCUT2D eigenvalue weighted by Gasteiger charge is 2.13. The van der Waals surface area contributed by atoms with Gasteiger partial charge in [-0.15, -0.1) is 0 Å². The summed E-state index contributed by atoms with van der Waals surface area (Å²) in [6, 6.07) is 6.86. The van der Waals surface area contributed by atoms with Crippen LogP contribution in [0, 0.1) is 0 Å². The molecule has 0 spiro atoms. The second-order valence-electron chi connectivity index (χ2n) is 6.43. The van der Waals surface area contributed by atoms with Gasteiger partial charge in [0.1, 0.15) is 12.4 Å². The third-order valence-electron chi connectivity index (χ3n) is 2.89. The molecular weight excluding hydrogens is 330 g/mol. The van der Waals surface area contributed by atoms with Gasteiger partial charge >= 0.3 is 0 Å². The molecule has 0 aliphatic carbocycles. The predicted molar refractivity (Wildman–Crippen MR) is 94.0 cm³/mol. The van der Waals surface area contributed by atoms with E-state index in [1.807, 2.05) is 26.8 Å². The Balaban J connectivity index is 2.47. The zero-order valence-electron chi connectivity index (χ0n) is 15.0. The lowest BCUT2D eigenvalue weighted by Gasteiger charge is -2.21. The molecule has 25 heavy (non-hydrogen) atoms. The zero-order chi connectivity index (χ0) is 18.9. The van der Waals surface area contributed by atoms with Crippen LogP contribution in [0.1, 0.15) is 26.3 Å². The van der Waals surface area contributed by atoms with Gasteiger partial charge in [-0.3, -0.25) is 9.79 Å². The summed E-state index contributed by atoms with van der Waals surface area (Å²) in [5, 5.41) is 8.81. The molecular formula is C17H26F2N4O2. The molecule has 0 saturated heterocycles. The van der Waals surface area contributed by atoms with Crippen molar-refractivity contribution in [2.24, 2.45) is 4.99 Å². The number of benzene rings is 1. The van der Waals surface area contributed by atoms with Crippen molar-refractivity contribution in [3.05, 3.63) is 29.8 Å². The van der Waals surface area contributed by atoms with E-state index in [4.69, 9.17) is 4.74 Å². The molecule has 0 aliphatic heterocycles. The van der Waals surface area contributed by atoms with E-state index in [0.29, 0.717) is 18.3 Å². The molecule has 0 aromatic heterocycles. The highest BCUT2D eigenvalue weighted by atomic mass is 19.3. The molecule has 8 heteroatoms. The van der Waals surface area contributed by atoms with Crippen molar-refractivity contribution < 1.29 is 18.3 Å². The number of aliphatic imine (C=N–C) groups is 1. The van der Waals surface area contributed by atoms with Crippen LogP contribution in [0.4, 0.5) is 8.78 Å². The minimum absolute atomic E-state index is 0.0917. The molecule has 0 aliphatic rings. The maximum atomic E-state index is 12.2. The van der Waals surface area contributed by atoms with E-state index in [1.165, 1.54) is 0 Å². The Kier molecular flexibility index (Phi) is 8.10. The molecule has 0 fully saturated rings. The summed E-state index contributed by atoms with van der Waals surface area (Å²) >= 11 is 0. The number of guanidine groups is 1. The van der Waals surface area contributed by atoms with Crippen LogP contribution < -0.4 is 20.7 Å². The van der Waals surface area contributed by atoms with Gasteiger partial charge in [-0.25, -0.2) is 8.78 Å². The lowest BCUT2D eigenvalue weighted by Crippen LogP contribution is -2.48. The third kappa shape index (κ3) is 9.49. The van der Waals surface area contributed by atoms with Gasteiger partial charge in [0.05, 0.1) is 6.54 Å². The molecule has 1 aromatic carbocycles. The maximum absolute atomic E-state index is 12.2. The van der Waals surface area contributed by atoms with Crippen LogP contribution in [0.15, 0.2) is 29.3 Å². The summed E-state index contributed by atoms with van der Waals surface area (Å²) in [5.74, 6) is 0.702. The molecule has 0 atom stereocenters. The first kappa shape index (κ1) is 20.7. The Morgan fingerprint density at radius 1 is 1.28 bits per heavy atom. The smallest absolute Gasteiger partial charge is 0.272 e. The molecule has 140 valence electrons. The van der Waals surface area contributed by atoms with E-state index in [9.17, 15) is 13.6 Å². The number of nitrogens with one attached hydrogen (secondary N) is 3. The summed E-state index contributed by atoms with van der Waals surface area (Å²) in [4.78, 5) is 15.8. The van der Waals surface area contributed by atoms with Crippen molar-refractivity contribution in [3.63, 3.8) is 0 Å². The van der Waals surface area contributed by atoms with Crippen molar-refractivity contribution in [3.8, 4) is 5.75 Å². The van der Waals surface area contributed by atoms with Crippen molar-refractivity contribution in [2.75, 3.05) is 20.2 Å². The first-order valence-corrected chi connectivity index (χ1v) is 7.95. The molecule has 6 nitrogen and oxygen atoms in total. The Hall–Kier alpha value is -2.38. The monoisotopic (exact) mass is 356 g/mol. The number of hydrogen-bond acceptors (Lipinski definition) is 3. The Morgan fingerprint density at radius 3 is 2.60 bits per heavy atom. The lowest BCUT2D eigenvalue weighted by molar-refractivity contribution is -0.121. The highest BCUT2D eigenvalue weighted by molar-refractivity contribution is 5.86. The van der Waals surface area contributed by atoms with E-state index in [-0.39, 0.29) is 18.0 Å². The molecule has 0 saturated carbocycles. The van der Waals surface area contributed by atoms with Crippen molar-refractivity contribution >= 4 is 11.9 Å². The summed E-state index contributed by atoms with van der Waals surface area (Å²) < 4.78 is 29.3. The number of rotatable bonds is 7. The number of carbonyl (C=O) groups excluding carboxylic acids is 1. The molecule has 0 heterocycles. The minimum Gasteiger partial charge on any atom is -0.488 e. The summed E-state index contributed by atoms with van der Waals surface area (Å²) in [7, 11) is 1.60. The Morgan fingerprint density at radius 2 is 2.00 bits per heavy atom. The van der Waals surface area contributed by atoms with Crippen LogP contribution in [-0.4, -0.2) is 44.0 Å². The van der Waals surface area contributed by atoms with E-state index in [0.717, 1.165) is 5.56 Å². The number of amides is 1. The molecule has 1 amide bonds. The van der Waals surface area contributed by atoms with Gasteiger partial charge in [0.15, 0.2) is 5.96 Å². The molecule has 1 aromatic rings. The number of carbonyl (C=O) groups is 1. The fourth-order valence-corrected chi connectivity index (χ4v) is 1.94. The quantitative estimate of drug-likeness (QED) is 0.515. The topological polar surface area (TPSA) is 74.8 Å². The Labute approximate surface area is 147 Å². The van der Waals surface area contributed by atoms with E-state index < -0.39 is 13.0 Å². The van der Waals surface area contributed by atoms with Crippen molar-refractivity contribution in [1.29, 1.82) is 0 Å². The van der Waals surface area contributed by atoms with Crippen LogP contribution in [-0.2, 0) is 11.3 Å². The molecule has 0 bridgehead atoms. The van der Waals surface area contributed by atoms with Crippen molar-refractivity contribution in [1.82, 2.24) is 16.0 Å². The van der Waals surface area contributed by atoms with Crippen LogP contribution in [0.2, 0.25) is 0 Å². The standard InChI is InChI=1S/C17H26F2N4O2/c1-17(2,3)23-15(24)10-22-16(20-4)21-9-12-6-5-7-13(8-12)25-11-14(18)19/h5-8,14H,9-11H2,1-4H3,(H,23,24)(H2,20,21,22). The van der Waals surface area contributed by atoms with Crippen molar-refractivity contribution in [2.45, 2.75) is 39.3 Å². The van der Waals surface area contributed by atoms with E-state index >= 15 is 0 Å². The lowest BCUT2D eigenvalue weighted by atomic mass is 10.1. The van der Waals surface area contributed by atoms with Gasteiger partial charge in [0, 0.05) is 19.1 Å².